The first-order chi connectivity index (χ1) is 9.56. The van der Waals surface area contributed by atoms with E-state index in [0.29, 0.717) is 17.0 Å². The summed E-state index contributed by atoms with van der Waals surface area (Å²) in [6.45, 7) is 0. The van der Waals surface area contributed by atoms with Gasteiger partial charge in [0, 0.05) is 13.1 Å². The van der Waals surface area contributed by atoms with E-state index in [1.807, 2.05) is 6.07 Å². The van der Waals surface area contributed by atoms with Crippen molar-refractivity contribution in [1.29, 1.82) is 5.26 Å². The summed E-state index contributed by atoms with van der Waals surface area (Å²) < 4.78 is 6.54. The molecule has 0 fully saturated rings. The van der Waals surface area contributed by atoms with E-state index in [9.17, 15) is 4.79 Å². The van der Waals surface area contributed by atoms with Gasteiger partial charge in [-0.25, -0.2) is 0 Å². The lowest BCUT2D eigenvalue weighted by molar-refractivity contribution is 0.101. The molecule has 3 N–H and O–H groups in total. The van der Waals surface area contributed by atoms with Crippen molar-refractivity contribution in [3.63, 3.8) is 0 Å². The average molecular weight is 271 g/mol. The van der Waals surface area contributed by atoms with Gasteiger partial charge in [0.05, 0.1) is 36.3 Å². The van der Waals surface area contributed by atoms with Gasteiger partial charge in [0.15, 0.2) is 0 Å². The number of nitrogens with zero attached hydrogens (tertiary/aromatic N) is 3. The van der Waals surface area contributed by atoms with Crippen molar-refractivity contribution in [2.45, 2.75) is 0 Å². The van der Waals surface area contributed by atoms with Crippen molar-refractivity contribution in [2.24, 2.45) is 7.05 Å². The number of aromatic nitrogens is 2. The second-order valence-corrected chi connectivity index (χ2v) is 4.05. The molecule has 1 heterocycles. The summed E-state index contributed by atoms with van der Waals surface area (Å²) in [5.74, 6) is 0.00338. The van der Waals surface area contributed by atoms with Gasteiger partial charge < -0.3 is 15.8 Å². The Labute approximate surface area is 115 Å². The van der Waals surface area contributed by atoms with Crippen LogP contribution in [0, 0.1) is 11.3 Å². The molecular formula is C13H13N5O2. The fraction of sp³-hybridized carbons (Fsp3) is 0.154. The van der Waals surface area contributed by atoms with Crippen molar-refractivity contribution in [1.82, 2.24) is 9.78 Å². The summed E-state index contributed by atoms with van der Waals surface area (Å²) in [7, 11) is 3.09. The summed E-state index contributed by atoms with van der Waals surface area (Å²) in [5.41, 5.74) is 7.14. The zero-order valence-corrected chi connectivity index (χ0v) is 11.0. The van der Waals surface area contributed by atoms with Gasteiger partial charge in [0.1, 0.15) is 11.4 Å². The minimum absolute atomic E-state index is 0.261. The molecule has 0 saturated heterocycles. The molecule has 1 aromatic heterocycles. The Balaban J connectivity index is 2.31. The van der Waals surface area contributed by atoms with Crippen LogP contribution in [0.2, 0.25) is 0 Å². The van der Waals surface area contributed by atoms with Gasteiger partial charge in [0.2, 0.25) is 0 Å². The second-order valence-electron chi connectivity index (χ2n) is 4.05. The first-order valence-corrected chi connectivity index (χ1v) is 5.73. The number of carbonyl (C=O) groups is 1. The Bertz CT molecular complexity index is 680. The lowest BCUT2D eigenvalue weighted by Crippen LogP contribution is -2.18. The molecule has 0 aliphatic carbocycles. The van der Waals surface area contributed by atoms with Gasteiger partial charge in [0.25, 0.3) is 5.91 Å². The molecule has 1 amide bonds. The molecule has 7 nitrogen and oxygen atoms in total. The summed E-state index contributed by atoms with van der Waals surface area (Å²) in [4.78, 5) is 12.2. The SMILES string of the molecule is COc1cc(C#N)ccc1NC(=O)c1c(N)cnn1C. The van der Waals surface area contributed by atoms with Crippen LogP contribution in [0.15, 0.2) is 24.4 Å². The number of nitrogens with one attached hydrogen (secondary N) is 1. The van der Waals surface area contributed by atoms with Crippen LogP contribution in [0.25, 0.3) is 0 Å². The van der Waals surface area contributed by atoms with E-state index >= 15 is 0 Å². The number of nitrogen functional groups attached to an aromatic ring is 1. The summed E-state index contributed by atoms with van der Waals surface area (Å²) >= 11 is 0. The third-order valence-corrected chi connectivity index (χ3v) is 2.76. The van der Waals surface area contributed by atoms with Crippen LogP contribution in [0.1, 0.15) is 16.1 Å². The maximum absolute atomic E-state index is 12.2. The number of carbonyl (C=O) groups excluding carboxylic acids is 1. The van der Waals surface area contributed by atoms with Crippen LogP contribution in [0.4, 0.5) is 11.4 Å². The first-order valence-electron chi connectivity index (χ1n) is 5.73. The number of hydrogen-bond donors (Lipinski definition) is 2. The molecule has 0 spiro atoms. The zero-order valence-electron chi connectivity index (χ0n) is 11.0. The Morgan fingerprint density at radius 1 is 1.55 bits per heavy atom. The van der Waals surface area contributed by atoms with E-state index in [2.05, 4.69) is 10.4 Å². The van der Waals surface area contributed by atoms with Crippen molar-refractivity contribution in [3.05, 3.63) is 35.7 Å². The summed E-state index contributed by atoms with van der Waals surface area (Å²) in [6, 6.07) is 6.73. The van der Waals surface area contributed by atoms with Crippen LogP contribution in [0.3, 0.4) is 0 Å². The zero-order chi connectivity index (χ0) is 14.7. The Hall–Kier alpha value is -3.01. The Kier molecular flexibility index (Phi) is 3.57. The summed E-state index contributed by atoms with van der Waals surface area (Å²) in [5, 5.41) is 15.4. The van der Waals surface area contributed by atoms with Crippen LogP contribution in [-0.4, -0.2) is 22.8 Å². The highest BCUT2D eigenvalue weighted by Gasteiger charge is 2.16. The number of ether oxygens (including phenoxy) is 1. The van der Waals surface area contributed by atoms with Gasteiger partial charge >= 0.3 is 0 Å². The highest BCUT2D eigenvalue weighted by Crippen LogP contribution is 2.26. The highest BCUT2D eigenvalue weighted by molar-refractivity contribution is 6.07. The number of aryl methyl sites for hydroxylation is 1. The van der Waals surface area contributed by atoms with E-state index in [-0.39, 0.29) is 11.4 Å². The van der Waals surface area contributed by atoms with Gasteiger partial charge in [-0.15, -0.1) is 0 Å². The van der Waals surface area contributed by atoms with Crippen molar-refractivity contribution in [3.8, 4) is 11.8 Å². The van der Waals surface area contributed by atoms with Crippen molar-refractivity contribution in [2.75, 3.05) is 18.2 Å². The van der Waals surface area contributed by atoms with E-state index in [1.54, 1.807) is 25.2 Å². The molecule has 0 atom stereocenters. The monoisotopic (exact) mass is 271 g/mol. The molecule has 0 aliphatic rings. The average Bonchev–Trinajstić information content (AvgIpc) is 2.78. The molecule has 0 radical (unpaired) electrons. The van der Waals surface area contributed by atoms with E-state index in [4.69, 9.17) is 15.7 Å². The number of rotatable bonds is 3. The number of anilines is 2. The Morgan fingerprint density at radius 3 is 2.85 bits per heavy atom. The first kappa shape index (κ1) is 13.4. The van der Waals surface area contributed by atoms with E-state index in [0.717, 1.165) is 0 Å². The van der Waals surface area contributed by atoms with Gasteiger partial charge in [-0.3, -0.25) is 9.48 Å². The molecule has 0 aliphatic heterocycles. The molecule has 102 valence electrons. The third kappa shape index (κ3) is 2.40. The van der Waals surface area contributed by atoms with Crippen LogP contribution in [0.5, 0.6) is 5.75 Å². The number of methoxy groups -OCH3 is 1. The van der Waals surface area contributed by atoms with Gasteiger partial charge in [-0.05, 0) is 12.1 Å². The standard InChI is InChI=1S/C13H13N5O2/c1-18-12(9(15)7-16-18)13(19)17-10-4-3-8(6-14)5-11(10)20-2/h3-5,7H,15H2,1-2H3,(H,17,19). The van der Waals surface area contributed by atoms with Crippen LogP contribution in [-0.2, 0) is 7.05 Å². The number of benzene rings is 1. The molecule has 2 rings (SSSR count). The topological polar surface area (TPSA) is 106 Å². The smallest absolute Gasteiger partial charge is 0.276 e. The number of nitriles is 1. The minimum Gasteiger partial charge on any atom is -0.495 e. The third-order valence-electron chi connectivity index (χ3n) is 2.76. The largest absolute Gasteiger partial charge is 0.495 e. The maximum Gasteiger partial charge on any atom is 0.276 e. The normalized spacial score (nSPS) is 9.85. The lowest BCUT2D eigenvalue weighted by Gasteiger charge is -2.10. The van der Waals surface area contributed by atoms with Crippen molar-refractivity contribution < 1.29 is 9.53 Å². The second kappa shape index (κ2) is 5.32. The highest BCUT2D eigenvalue weighted by atomic mass is 16.5. The Morgan fingerprint density at radius 2 is 2.30 bits per heavy atom. The molecule has 2 aromatic rings. The molecule has 0 bridgehead atoms. The fourth-order valence-corrected chi connectivity index (χ4v) is 1.78. The van der Waals surface area contributed by atoms with Crippen molar-refractivity contribution >= 4 is 17.3 Å². The predicted molar refractivity (Wildman–Crippen MR) is 73.3 cm³/mol. The maximum atomic E-state index is 12.2. The quantitative estimate of drug-likeness (QED) is 0.870. The van der Waals surface area contributed by atoms with Gasteiger partial charge in [-0.2, -0.15) is 10.4 Å². The number of nitrogens with two attached hydrogens (primary N) is 1. The molecule has 7 heteroatoms. The lowest BCUT2D eigenvalue weighted by atomic mass is 10.2. The molecule has 0 saturated carbocycles. The summed E-state index contributed by atoms with van der Waals surface area (Å²) in [6.07, 6.45) is 1.41. The molecular weight excluding hydrogens is 258 g/mol. The van der Waals surface area contributed by atoms with Crippen LogP contribution >= 0.6 is 0 Å². The van der Waals surface area contributed by atoms with Gasteiger partial charge in [-0.1, -0.05) is 0 Å². The molecule has 20 heavy (non-hydrogen) atoms. The van der Waals surface area contributed by atoms with E-state index < -0.39 is 5.91 Å². The molecule has 0 unspecified atom stereocenters. The molecule has 1 aromatic carbocycles. The minimum atomic E-state index is -0.398. The van der Waals surface area contributed by atoms with E-state index in [1.165, 1.54) is 18.0 Å². The number of amides is 1. The fourth-order valence-electron chi connectivity index (χ4n) is 1.78. The predicted octanol–water partition coefficient (Wildman–Crippen LogP) is 1.13. The van der Waals surface area contributed by atoms with Crippen LogP contribution < -0.4 is 15.8 Å². The number of hydrogen-bond acceptors (Lipinski definition) is 5.